The van der Waals surface area contributed by atoms with Crippen molar-refractivity contribution in [3.05, 3.63) is 0 Å². The van der Waals surface area contributed by atoms with Gasteiger partial charge in [-0.1, -0.05) is 86.0 Å². The lowest BCUT2D eigenvalue weighted by atomic mass is 10.1. The largest absolute Gasteiger partial charge is 0.394 e. The normalized spacial score (nSPS) is 12.2. The topological polar surface area (TPSA) is 18.5 Å². The quantitative estimate of drug-likeness (QED) is 0.187. The van der Waals surface area contributed by atoms with E-state index in [1.807, 2.05) is 0 Å². The highest BCUT2D eigenvalue weighted by atomic mass is 28.4. The van der Waals surface area contributed by atoms with Crippen LogP contribution in [0.25, 0.3) is 0 Å². The minimum Gasteiger partial charge on any atom is -0.394 e. The Morgan fingerprint density at radius 2 is 1.08 bits per heavy atom. The molecule has 0 atom stereocenters. The van der Waals surface area contributed by atoms with Gasteiger partial charge < -0.3 is 8.85 Å². The highest BCUT2D eigenvalue weighted by Crippen LogP contribution is 2.20. The maximum atomic E-state index is 6.31. The van der Waals surface area contributed by atoms with E-state index >= 15 is 0 Å². The van der Waals surface area contributed by atoms with E-state index < -0.39 is 8.56 Å². The molecule has 0 N–H and O–H groups in total. The Kier molecular flexibility index (Phi) is 16.7. The monoisotopic (exact) mass is 358 g/mol. The molecular formula is C21H46O2Si. The van der Waals surface area contributed by atoms with Crippen LogP contribution in [0.15, 0.2) is 0 Å². The van der Waals surface area contributed by atoms with Gasteiger partial charge in [0, 0.05) is 13.2 Å². The number of rotatable bonds is 18. The molecule has 0 aliphatic rings. The van der Waals surface area contributed by atoms with Crippen molar-refractivity contribution in [2.75, 3.05) is 13.2 Å². The van der Waals surface area contributed by atoms with Crippen molar-refractivity contribution in [2.24, 2.45) is 5.92 Å². The summed E-state index contributed by atoms with van der Waals surface area (Å²) >= 11 is 0. The van der Waals surface area contributed by atoms with E-state index in [9.17, 15) is 0 Å². The van der Waals surface area contributed by atoms with Crippen LogP contribution in [-0.4, -0.2) is 21.8 Å². The molecule has 0 aliphatic heterocycles. The summed E-state index contributed by atoms with van der Waals surface area (Å²) in [5.74, 6) is 0.774. The van der Waals surface area contributed by atoms with Gasteiger partial charge >= 0.3 is 8.56 Å². The van der Waals surface area contributed by atoms with Crippen LogP contribution in [0, 0.1) is 5.92 Å². The summed E-state index contributed by atoms with van der Waals surface area (Å²) in [4.78, 5) is 0. The summed E-state index contributed by atoms with van der Waals surface area (Å²) in [6.45, 7) is 13.1. The van der Waals surface area contributed by atoms with E-state index in [4.69, 9.17) is 8.85 Å². The summed E-state index contributed by atoms with van der Waals surface area (Å²) in [5, 5.41) is 0. The highest BCUT2D eigenvalue weighted by Gasteiger charge is 2.33. The predicted molar refractivity (Wildman–Crippen MR) is 110 cm³/mol. The van der Waals surface area contributed by atoms with Gasteiger partial charge in [0.2, 0.25) is 0 Å². The van der Waals surface area contributed by atoms with Crippen molar-refractivity contribution in [2.45, 2.75) is 117 Å². The highest BCUT2D eigenvalue weighted by molar-refractivity contribution is 6.67. The van der Waals surface area contributed by atoms with Crippen LogP contribution >= 0.6 is 0 Å². The Morgan fingerprint density at radius 3 is 1.54 bits per heavy atom. The van der Waals surface area contributed by atoms with Crippen molar-refractivity contribution < 1.29 is 8.85 Å². The summed E-state index contributed by atoms with van der Waals surface area (Å²) in [6.07, 6.45) is 14.8. The summed E-state index contributed by atoms with van der Waals surface area (Å²) in [5.41, 5.74) is 0. The van der Waals surface area contributed by atoms with E-state index in [1.165, 1.54) is 70.6 Å². The maximum absolute atomic E-state index is 6.31. The zero-order valence-corrected chi connectivity index (χ0v) is 18.5. The van der Waals surface area contributed by atoms with Crippen molar-refractivity contribution in [3.8, 4) is 0 Å². The molecule has 0 aromatic carbocycles. The second-order valence-electron chi connectivity index (χ2n) is 7.68. The first-order valence-electron chi connectivity index (χ1n) is 10.9. The van der Waals surface area contributed by atoms with Crippen molar-refractivity contribution in [3.63, 3.8) is 0 Å². The fourth-order valence-corrected chi connectivity index (χ4v) is 5.55. The average Bonchev–Trinajstić information content (AvgIpc) is 2.58. The SMILES string of the molecule is CCCCCCCCCCCO[Si](CC)(CC)OCCCC(C)C. The van der Waals surface area contributed by atoms with Gasteiger partial charge in [-0.3, -0.25) is 0 Å². The number of hydrogen-bond donors (Lipinski definition) is 0. The minimum atomic E-state index is -1.91. The van der Waals surface area contributed by atoms with Crippen molar-refractivity contribution in [1.29, 1.82) is 0 Å². The molecule has 0 saturated heterocycles. The second kappa shape index (κ2) is 16.6. The molecule has 0 saturated carbocycles. The third-order valence-corrected chi connectivity index (χ3v) is 8.60. The van der Waals surface area contributed by atoms with Gasteiger partial charge in [0.1, 0.15) is 0 Å². The molecule has 0 fully saturated rings. The van der Waals surface area contributed by atoms with Gasteiger partial charge in [0.15, 0.2) is 0 Å². The first-order chi connectivity index (χ1) is 11.6. The van der Waals surface area contributed by atoms with Gasteiger partial charge in [0.05, 0.1) is 0 Å². The molecule has 0 rings (SSSR count). The Hall–Kier alpha value is 0.137. The smallest absolute Gasteiger partial charge is 0.337 e. The van der Waals surface area contributed by atoms with Crippen LogP contribution < -0.4 is 0 Å². The fourth-order valence-electron chi connectivity index (χ4n) is 3.12. The third kappa shape index (κ3) is 13.4. The molecule has 0 radical (unpaired) electrons. The molecule has 146 valence electrons. The van der Waals surface area contributed by atoms with Gasteiger partial charge in [-0.25, -0.2) is 0 Å². The van der Waals surface area contributed by atoms with Crippen molar-refractivity contribution >= 4 is 8.56 Å². The zero-order valence-electron chi connectivity index (χ0n) is 17.5. The molecule has 24 heavy (non-hydrogen) atoms. The summed E-state index contributed by atoms with van der Waals surface area (Å²) < 4.78 is 12.6. The molecule has 2 nitrogen and oxygen atoms in total. The second-order valence-corrected chi connectivity index (χ2v) is 11.5. The van der Waals surface area contributed by atoms with E-state index in [1.54, 1.807) is 0 Å². The first kappa shape index (κ1) is 24.1. The van der Waals surface area contributed by atoms with Crippen molar-refractivity contribution in [1.82, 2.24) is 0 Å². The van der Waals surface area contributed by atoms with Crippen LogP contribution in [0.5, 0.6) is 0 Å². The Labute approximate surface area is 154 Å². The Balaban J connectivity index is 3.69. The first-order valence-corrected chi connectivity index (χ1v) is 13.1. The van der Waals surface area contributed by atoms with Crippen LogP contribution in [0.2, 0.25) is 12.1 Å². The fraction of sp³-hybridized carbons (Fsp3) is 1.00. The van der Waals surface area contributed by atoms with Gasteiger partial charge in [-0.05, 0) is 37.3 Å². The molecule has 0 aromatic heterocycles. The van der Waals surface area contributed by atoms with Crippen LogP contribution in [0.4, 0.5) is 0 Å². The lowest BCUT2D eigenvalue weighted by Crippen LogP contribution is -2.41. The lowest BCUT2D eigenvalue weighted by Gasteiger charge is -2.29. The molecule has 0 aliphatic carbocycles. The van der Waals surface area contributed by atoms with E-state index in [0.717, 1.165) is 31.2 Å². The minimum absolute atomic E-state index is 0.774. The van der Waals surface area contributed by atoms with Crippen LogP contribution in [-0.2, 0) is 8.85 Å². The standard InChI is InChI=1S/C21H46O2Si/c1-6-9-10-11-12-13-14-15-16-19-22-24(7-2,8-3)23-20-17-18-21(4)5/h21H,6-20H2,1-5H3. The van der Waals surface area contributed by atoms with E-state index in [-0.39, 0.29) is 0 Å². The molecular weight excluding hydrogens is 312 g/mol. The van der Waals surface area contributed by atoms with E-state index in [2.05, 4.69) is 34.6 Å². The lowest BCUT2D eigenvalue weighted by molar-refractivity contribution is 0.161. The predicted octanol–water partition coefficient (Wildman–Crippen LogP) is 7.47. The number of hydrogen-bond acceptors (Lipinski definition) is 2. The summed E-state index contributed by atoms with van der Waals surface area (Å²) in [6, 6.07) is 2.17. The molecule has 0 bridgehead atoms. The van der Waals surface area contributed by atoms with E-state index in [0.29, 0.717) is 0 Å². The molecule has 0 heterocycles. The van der Waals surface area contributed by atoms with Gasteiger partial charge in [-0.15, -0.1) is 0 Å². The Morgan fingerprint density at radius 1 is 0.625 bits per heavy atom. The van der Waals surface area contributed by atoms with Crippen LogP contribution in [0.3, 0.4) is 0 Å². The molecule has 0 unspecified atom stereocenters. The summed E-state index contributed by atoms with van der Waals surface area (Å²) in [7, 11) is -1.91. The maximum Gasteiger partial charge on any atom is 0.337 e. The molecule has 3 heteroatoms. The molecule has 0 spiro atoms. The third-order valence-electron chi connectivity index (χ3n) is 4.98. The number of unbranched alkanes of at least 4 members (excludes halogenated alkanes) is 8. The zero-order chi connectivity index (χ0) is 18.1. The van der Waals surface area contributed by atoms with Gasteiger partial charge in [0.25, 0.3) is 0 Å². The Bertz CT molecular complexity index is 252. The van der Waals surface area contributed by atoms with Crippen LogP contribution in [0.1, 0.15) is 105 Å². The molecule has 0 aromatic rings. The average molecular weight is 359 g/mol. The van der Waals surface area contributed by atoms with Gasteiger partial charge in [-0.2, -0.15) is 0 Å². The molecule has 0 amide bonds.